The van der Waals surface area contributed by atoms with Gasteiger partial charge in [0.05, 0.1) is 25.2 Å². The fourth-order valence-corrected chi connectivity index (χ4v) is 2.68. The van der Waals surface area contributed by atoms with Gasteiger partial charge >= 0.3 is 0 Å². The SMILES string of the molecule is N#CC(CCCCCN1CCOCC1)c1ccccc1. The van der Waals surface area contributed by atoms with Crippen LogP contribution in [-0.4, -0.2) is 37.7 Å². The minimum atomic E-state index is 0.0552. The minimum Gasteiger partial charge on any atom is -0.379 e. The van der Waals surface area contributed by atoms with Crippen molar-refractivity contribution in [1.29, 1.82) is 5.26 Å². The number of hydrogen-bond acceptors (Lipinski definition) is 3. The third-order valence-corrected chi connectivity index (χ3v) is 3.93. The van der Waals surface area contributed by atoms with Crippen LogP contribution in [0.15, 0.2) is 30.3 Å². The molecule has 0 radical (unpaired) electrons. The highest BCUT2D eigenvalue weighted by Crippen LogP contribution is 2.21. The van der Waals surface area contributed by atoms with Gasteiger partial charge in [0.25, 0.3) is 0 Å². The molecule has 1 atom stereocenters. The van der Waals surface area contributed by atoms with Gasteiger partial charge in [-0.25, -0.2) is 0 Å². The van der Waals surface area contributed by atoms with Crippen molar-refractivity contribution in [2.45, 2.75) is 31.6 Å². The fraction of sp³-hybridized carbons (Fsp3) is 0.588. The van der Waals surface area contributed by atoms with Crippen LogP contribution in [0.3, 0.4) is 0 Å². The van der Waals surface area contributed by atoms with Crippen LogP contribution in [-0.2, 0) is 4.74 Å². The van der Waals surface area contributed by atoms with Crippen LogP contribution < -0.4 is 0 Å². The Kier molecular flexibility index (Phi) is 6.56. The topological polar surface area (TPSA) is 36.3 Å². The highest BCUT2D eigenvalue weighted by atomic mass is 16.5. The first-order chi connectivity index (χ1) is 9.90. The summed E-state index contributed by atoms with van der Waals surface area (Å²) in [5.74, 6) is 0.0552. The predicted molar refractivity (Wildman–Crippen MR) is 80.5 cm³/mol. The standard InChI is InChI=1S/C17H24N2O/c18-15-17(16-7-3-1-4-8-16)9-5-2-6-10-19-11-13-20-14-12-19/h1,3-4,7-8,17H,2,5-6,9-14H2. The number of benzene rings is 1. The first-order valence-corrected chi connectivity index (χ1v) is 7.65. The van der Waals surface area contributed by atoms with E-state index in [1.54, 1.807) is 0 Å². The molecule has 1 aromatic carbocycles. The summed E-state index contributed by atoms with van der Waals surface area (Å²) in [7, 11) is 0. The molecule has 1 saturated heterocycles. The lowest BCUT2D eigenvalue weighted by Crippen LogP contribution is -2.36. The van der Waals surface area contributed by atoms with Crippen LogP contribution in [0.25, 0.3) is 0 Å². The van der Waals surface area contributed by atoms with Crippen LogP contribution in [0.4, 0.5) is 0 Å². The molecule has 1 fully saturated rings. The second kappa shape index (κ2) is 8.73. The van der Waals surface area contributed by atoms with E-state index in [1.807, 2.05) is 18.2 Å². The zero-order valence-corrected chi connectivity index (χ0v) is 12.1. The Morgan fingerprint density at radius 1 is 1.10 bits per heavy atom. The summed E-state index contributed by atoms with van der Waals surface area (Å²) in [5.41, 5.74) is 1.16. The van der Waals surface area contributed by atoms with Crippen LogP contribution in [0, 0.1) is 11.3 Å². The van der Waals surface area contributed by atoms with Gasteiger partial charge in [0.1, 0.15) is 0 Å². The Balaban J connectivity index is 1.61. The van der Waals surface area contributed by atoms with Crippen LogP contribution in [0.1, 0.15) is 37.2 Å². The van der Waals surface area contributed by atoms with Crippen LogP contribution in [0.2, 0.25) is 0 Å². The molecule has 0 saturated carbocycles. The molecule has 2 rings (SSSR count). The van der Waals surface area contributed by atoms with Gasteiger partial charge in [0.2, 0.25) is 0 Å². The van der Waals surface area contributed by atoms with Gasteiger partial charge < -0.3 is 4.74 Å². The molecule has 1 unspecified atom stereocenters. The van der Waals surface area contributed by atoms with Crippen molar-refractivity contribution in [3.8, 4) is 6.07 Å². The van der Waals surface area contributed by atoms with E-state index in [2.05, 4.69) is 23.1 Å². The quantitative estimate of drug-likeness (QED) is 0.715. The number of nitrogens with zero attached hydrogens (tertiary/aromatic N) is 2. The summed E-state index contributed by atoms with van der Waals surface area (Å²) in [6.45, 7) is 5.08. The van der Waals surface area contributed by atoms with Crippen molar-refractivity contribution in [2.24, 2.45) is 0 Å². The van der Waals surface area contributed by atoms with Gasteiger partial charge in [-0.05, 0) is 24.9 Å². The van der Waals surface area contributed by atoms with E-state index < -0.39 is 0 Å². The first-order valence-electron chi connectivity index (χ1n) is 7.65. The molecule has 1 heterocycles. The molecule has 1 aliphatic rings. The Morgan fingerprint density at radius 3 is 2.55 bits per heavy atom. The van der Waals surface area contributed by atoms with Crippen molar-refractivity contribution in [2.75, 3.05) is 32.8 Å². The largest absolute Gasteiger partial charge is 0.379 e. The van der Waals surface area contributed by atoms with E-state index in [1.165, 1.54) is 19.4 Å². The molecule has 108 valence electrons. The zero-order chi connectivity index (χ0) is 14.0. The predicted octanol–water partition coefficient (Wildman–Crippen LogP) is 3.19. The maximum absolute atomic E-state index is 9.27. The van der Waals surface area contributed by atoms with Crippen LogP contribution in [0.5, 0.6) is 0 Å². The third-order valence-electron chi connectivity index (χ3n) is 3.93. The second-order valence-electron chi connectivity index (χ2n) is 5.40. The monoisotopic (exact) mass is 272 g/mol. The Morgan fingerprint density at radius 2 is 1.85 bits per heavy atom. The summed E-state index contributed by atoms with van der Waals surface area (Å²) < 4.78 is 5.34. The molecule has 3 heteroatoms. The maximum Gasteiger partial charge on any atom is 0.0712 e. The van der Waals surface area contributed by atoms with E-state index in [-0.39, 0.29) is 5.92 Å². The van der Waals surface area contributed by atoms with E-state index in [0.29, 0.717) is 0 Å². The summed E-state index contributed by atoms with van der Waals surface area (Å²) in [6, 6.07) is 12.6. The number of unbranched alkanes of at least 4 members (excludes halogenated alkanes) is 2. The highest BCUT2D eigenvalue weighted by molar-refractivity contribution is 5.24. The molecular formula is C17H24N2O. The van der Waals surface area contributed by atoms with Gasteiger partial charge in [-0.2, -0.15) is 5.26 Å². The lowest BCUT2D eigenvalue weighted by molar-refractivity contribution is 0.0371. The first kappa shape index (κ1) is 15.0. The molecule has 1 aliphatic heterocycles. The summed E-state index contributed by atoms with van der Waals surface area (Å²) >= 11 is 0. The van der Waals surface area contributed by atoms with Gasteiger partial charge in [-0.1, -0.05) is 43.2 Å². The number of hydrogen-bond donors (Lipinski definition) is 0. The van der Waals surface area contributed by atoms with E-state index in [4.69, 9.17) is 4.74 Å². The molecule has 0 bridgehead atoms. The third kappa shape index (κ3) is 4.96. The van der Waals surface area contributed by atoms with E-state index >= 15 is 0 Å². The van der Waals surface area contributed by atoms with Gasteiger partial charge in [0.15, 0.2) is 0 Å². The van der Waals surface area contributed by atoms with E-state index in [9.17, 15) is 5.26 Å². The Hall–Kier alpha value is -1.37. The lowest BCUT2D eigenvalue weighted by atomic mass is 9.94. The Labute approximate surface area is 122 Å². The molecule has 0 amide bonds. The molecule has 0 aromatic heterocycles. The molecule has 1 aromatic rings. The molecule has 0 aliphatic carbocycles. The summed E-state index contributed by atoms with van der Waals surface area (Å²) in [6.07, 6.45) is 4.55. The lowest BCUT2D eigenvalue weighted by Gasteiger charge is -2.26. The van der Waals surface area contributed by atoms with Gasteiger partial charge in [0, 0.05) is 13.1 Å². The smallest absolute Gasteiger partial charge is 0.0712 e. The normalized spacial score (nSPS) is 17.6. The van der Waals surface area contributed by atoms with E-state index in [0.717, 1.165) is 44.7 Å². The fourth-order valence-electron chi connectivity index (χ4n) is 2.68. The van der Waals surface area contributed by atoms with Crippen molar-refractivity contribution in [3.63, 3.8) is 0 Å². The maximum atomic E-state index is 9.27. The van der Waals surface area contributed by atoms with Gasteiger partial charge in [-0.15, -0.1) is 0 Å². The van der Waals surface area contributed by atoms with Crippen molar-refractivity contribution in [1.82, 2.24) is 4.90 Å². The summed E-state index contributed by atoms with van der Waals surface area (Å²) in [5, 5.41) is 9.27. The molecule has 3 nitrogen and oxygen atoms in total. The minimum absolute atomic E-state index is 0.0552. The molecule has 0 N–H and O–H groups in total. The number of nitriles is 1. The van der Waals surface area contributed by atoms with Gasteiger partial charge in [-0.3, -0.25) is 4.90 Å². The van der Waals surface area contributed by atoms with Crippen molar-refractivity contribution < 1.29 is 4.74 Å². The number of morpholine rings is 1. The van der Waals surface area contributed by atoms with Crippen molar-refractivity contribution in [3.05, 3.63) is 35.9 Å². The second-order valence-corrected chi connectivity index (χ2v) is 5.40. The molecule has 20 heavy (non-hydrogen) atoms. The Bertz CT molecular complexity index is 407. The van der Waals surface area contributed by atoms with Crippen LogP contribution >= 0.6 is 0 Å². The average Bonchev–Trinajstić information content (AvgIpc) is 2.53. The summed E-state index contributed by atoms with van der Waals surface area (Å²) in [4.78, 5) is 2.47. The molecular weight excluding hydrogens is 248 g/mol. The average molecular weight is 272 g/mol. The van der Waals surface area contributed by atoms with Crippen molar-refractivity contribution >= 4 is 0 Å². The zero-order valence-electron chi connectivity index (χ0n) is 12.1. The highest BCUT2D eigenvalue weighted by Gasteiger charge is 2.11. The number of rotatable bonds is 7. The molecule has 0 spiro atoms. The number of ether oxygens (including phenoxy) is 1.